The molecule has 2 aromatic heterocycles. The molecule has 192 valence electrons. The normalized spacial score (nSPS) is 14.6. The zero-order valence-electron chi connectivity index (χ0n) is 20.3. The van der Waals surface area contributed by atoms with E-state index in [1.165, 1.54) is 12.1 Å². The Bertz CT molecular complexity index is 1390. The summed E-state index contributed by atoms with van der Waals surface area (Å²) in [5.41, 5.74) is 5.61. The highest BCUT2D eigenvalue weighted by Gasteiger charge is 2.31. The topological polar surface area (TPSA) is 58.9 Å². The Morgan fingerprint density at radius 3 is 2.54 bits per heavy atom. The maximum Gasteiger partial charge on any atom is 0.573 e. The van der Waals surface area contributed by atoms with Gasteiger partial charge in [-0.25, -0.2) is 4.52 Å². The zero-order chi connectivity index (χ0) is 26.0. The Morgan fingerprint density at radius 1 is 1.08 bits per heavy atom. The molecule has 0 atom stereocenters. The molecule has 5 rings (SSSR count). The smallest absolute Gasteiger partial charge is 0.406 e. The van der Waals surface area contributed by atoms with Gasteiger partial charge in [-0.05, 0) is 78.8 Å². The predicted molar refractivity (Wildman–Crippen MR) is 135 cm³/mol. The van der Waals surface area contributed by atoms with Gasteiger partial charge in [0.15, 0.2) is 0 Å². The molecule has 37 heavy (non-hydrogen) atoms. The third-order valence-corrected chi connectivity index (χ3v) is 6.88. The van der Waals surface area contributed by atoms with Gasteiger partial charge in [-0.2, -0.15) is 5.10 Å². The molecule has 1 fully saturated rings. The fourth-order valence-electron chi connectivity index (χ4n) is 4.87. The standard InChI is InChI=1S/C28H27F3N4O2/c1-19-16-23(8-5-22(19)17-32-27(36)25-18-33-35-13-3-2-4-26(25)35)34-14-11-21(12-15-34)20-6-9-24(10-7-20)37-28(29,30)31/h2-10,13,16,18,21H,11-12,14-15,17H2,1H3,(H,32,36). The zero-order valence-corrected chi connectivity index (χ0v) is 20.3. The van der Waals surface area contributed by atoms with E-state index in [1.54, 1.807) is 29.0 Å². The van der Waals surface area contributed by atoms with E-state index in [0.29, 0.717) is 18.0 Å². The number of aromatic nitrogens is 2. The minimum atomic E-state index is -4.68. The van der Waals surface area contributed by atoms with Crippen LogP contribution in [0.1, 0.15) is 45.8 Å². The predicted octanol–water partition coefficient (Wildman–Crippen LogP) is 5.86. The summed E-state index contributed by atoms with van der Waals surface area (Å²) in [4.78, 5) is 15.0. The van der Waals surface area contributed by atoms with Crippen molar-refractivity contribution in [1.82, 2.24) is 14.9 Å². The average Bonchev–Trinajstić information content (AvgIpc) is 3.32. The number of nitrogens with zero attached hydrogens (tertiary/aromatic N) is 3. The molecular formula is C28H27F3N4O2. The molecule has 6 nitrogen and oxygen atoms in total. The largest absolute Gasteiger partial charge is 0.573 e. The molecule has 0 radical (unpaired) electrons. The van der Waals surface area contributed by atoms with E-state index in [4.69, 9.17) is 0 Å². The van der Waals surface area contributed by atoms with E-state index in [1.807, 2.05) is 31.2 Å². The van der Waals surface area contributed by atoms with Crippen molar-refractivity contribution in [2.24, 2.45) is 0 Å². The van der Waals surface area contributed by atoms with Gasteiger partial charge in [-0.15, -0.1) is 13.2 Å². The molecule has 1 aliphatic rings. The van der Waals surface area contributed by atoms with Crippen LogP contribution in [-0.4, -0.2) is 35.0 Å². The third kappa shape index (κ3) is 5.71. The first kappa shape index (κ1) is 24.7. The Labute approximate surface area is 212 Å². The second-order valence-corrected chi connectivity index (χ2v) is 9.26. The summed E-state index contributed by atoms with van der Waals surface area (Å²) in [5, 5.41) is 7.22. The van der Waals surface area contributed by atoms with Crippen molar-refractivity contribution in [3.63, 3.8) is 0 Å². The first-order valence-corrected chi connectivity index (χ1v) is 12.2. The number of anilines is 1. The molecule has 1 saturated heterocycles. The van der Waals surface area contributed by atoms with E-state index >= 15 is 0 Å². The van der Waals surface area contributed by atoms with Crippen LogP contribution in [0.3, 0.4) is 0 Å². The van der Waals surface area contributed by atoms with Crippen molar-refractivity contribution < 1.29 is 22.7 Å². The number of rotatable bonds is 6. The van der Waals surface area contributed by atoms with Gasteiger partial charge in [0.1, 0.15) is 5.75 Å². The summed E-state index contributed by atoms with van der Waals surface area (Å²) in [7, 11) is 0. The lowest BCUT2D eigenvalue weighted by Crippen LogP contribution is -2.33. The van der Waals surface area contributed by atoms with Gasteiger partial charge in [0.05, 0.1) is 17.3 Å². The number of aryl methyl sites for hydroxylation is 1. The second-order valence-electron chi connectivity index (χ2n) is 9.26. The van der Waals surface area contributed by atoms with Crippen LogP contribution in [0.15, 0.2) is 73.1 Å². The van der Waals surface area contributed by atoms with Crippen LogP contribution in [0.5, 0.6) is 5.75 Å². The molecular weight excluding hydrogens is 481 g/mol. The first-order chi connectivity index (χ1) is 17.8. The molecule has 9 heteroatoms. The van der Waals surface area contributed by atoms with Crippen molar-refractivity contribution in [3.05, 3.63) is 95.3 Å². The molecule has 1 aliphatic heterocycles. The number of hydrogen-bond donors (Lipinski definition) is 1. The maximum atomic E-state index is 12.7. The van der Waals surface area contributed by atoms with Crippen LogP contribution in [0.2, 0.25) is 0 Å². The van der Waals surface area contributed by atoms with Gasteiger partial charge in [-0.1, -0.05) is 24.3 Å². The fraction of sp³-hybridized carbons (Fsp3) is 0.286. The Morgan fingerprint density at radius 2 is 1.84 bits per heavy atom. The van der Waals surface area contributed by atoms with Crippen LogP contribution in [0, 0.1) is 6.92 Å². The Hall–Kier alpha value is -4.01. The van der Waals surface area contributed by atoms with E-state index in [9.17, 15) is 18.0 Å². The van der Waals surface area contributed by atoms with Crippen molar-refractivity contribution in [2.45, 2.75) is 38.6 Å². The summed E-state index contributed by atoms with van der Waals surface area (Å²) < 4.78 is 42.8. The average molecular weight is 509 g/mol. The van der Waals surface area contributed by atoms with E-state index in [-0.39, 0.29) is 11.7 Å². The third-order valence-electron chi connectivity index (χ3n) is 6.88. The van der Waals surface area contributed by atoms with Crippen LogP contribution in [-0.2, 0) is 6.54 Å². The van der Waals surface area contributed by atoms with Crippen molar-refractivity contribution in [1.29, 1.82) is 0 Å². The molecule has 0 bridgehead atoms. The molecule has 1 N–H and O–H groups in total. The van der Waals surface area contributed by atoms with E-state index < -0.39 is 6.36 Å². The molecule has 0 aliphatic carbocycles. The Kier molecular flexibility index (Phi) is 6.78. The second kappa shape index (κ2) is 10.2. The van der Waals surface area contributed by atoms with Gasteiger partial charge in [0, 0.05) is 31.5 Å². The number of halogens is 3. The highest BCUT2D eigenvalue weighted by molar-refractivity contribution is 6.00. The summed E-state index contributed by atoms with van der Waals surface area (Å²) in [6, 6.07) is 18.1. The molecule has 0 saturated carbocycles. The number of pyridine rings is 1. The van der Waals surface area contributed by atoms with Crippen molar-refractivity contribution in [3.8, 4) is 5.75 Å². The summed E-state index contributed by atoms with van der Waals surface area (Å²) in [6.07, 6.45) is 0.531. The monoisotopic (exact) mass is 508 g/mol. The molecule has 2 aromatic carbocycles. The van der Waals surface area contributed by atoms with Crippen LogP contribution < -0.4 is 15.0 Å². The number of nitrogens with one attached hydrogen (secondary N) is 1. The number of hydrogen-bond acceptors (Lipinski definition) is 4. The summed E-state index contributed by atoms with van der Waals surface area (Å²) in [6.45, 7) is 4.17. The quantitative estimate of drug-likeness (QED) is 0.355. The first-order valence-electron chi connectivity index (χ1n) is 12.2. The molecule has 4 aromatic rings. The van der Waals surface area contributed by atoms with Gasteiger partial charge in [0.25, 0.3) is 5.91 Å². The number of amides is 1. The lowest BCUT2D eigenvalue weighted by Gasteiger charge is -2.34. The van der Waals surface area contributed by atoms with Crippen molar-refractivity contribution in [2.75, 3.05) is 18.0 Å². The molecule has 0 spiro atoms. The number of fused-ring (bicyclic) bond motifs is 1. The number of ether oxygens (including phenoxy) is 1. The summed E-state index contributed by atoms with van der Waals surface area (Å²) in [5.74, 6) is -0.0597. The number of piperidine rings is 1. The van der Waals surface area contributed by atoms with E-state index in [0.717, 1.165) is 53.8 Å². The number of carbonyl (C=O) groups is 1. The SMILES string of the molecule is Cc1cc(N2CCC(c3ccc(OC(F)(F)F)cc3)CC2)ccc1CNC(=O)c1cnn2ccccc12. The minimum Gasteiger partial charge on any atom is -0.406 e. The van der Waals surface area contributed by atoms with Crippen LogP contribution in [0.25, 0.3) is 5.52 Å². The summed E-state index contributed by atoms with van der Waals surface area (Å²) >= 11 is 0. The van der Waals surface area contributed by atoms with Gasteiger partial charge >= 0.3 is 6.36 Å². The lowest BCUT2D eigenvalue weighted by molar-refractivity contribution is -0.274. The molecule has 3 heterocycles. The molecule has 0 unspecified atom stereocenters. The van der Waals surface area contributed by atoms with Gasteiger partial charge in [0.2, 0.25) is 0 Å². The van der Waals surface area contributed by atoms with Gasteiger partial charge in [-0.3, -0.25) is 4.79 Å². The van der Waals surface area contributed by atoms with Crippen molar-refractivity contribution >= 4 is 17.1 Å². The van der Waals surface area contributed by atoms with E-state index in [2.05, 4.69) is 32.2 Å². The molecule has 1 amide bonds. The fourth-order valence-corrected chi connectivity index (χ4v) is 4.87. The number of carbonyl (C=O) groups excluding carboxylic acids is 1. The highest BCUT2D eigenvalue weighted by Crippen LogP contribution is 2.33. The van der Waals surface area contributed by atoms with Crippen LogP contribution >= 0.6 is 0 Å². The lowest BCUT2D eigenvalue weighted by atomic mass is 9.89. The minimum absolute atomic E-state index is 0.162. The highest BCUT2D eigenvalue weighted by atomic mass is 19.4. The van der Waals surface area contributed by atoms with Crippen LogP contribution in [0.4, 0.5) is 18.9 Å². The van der Waals surface area contributed by atoms with Gasteiger partial charge < -0.3 is 15.0 Å². The maximum absolute atomic E-state index is 12.7. The number of benzene rings is 2. The number of alkyl halides is 3. The Balaban J connectivity index is 1.16.